The zero-order valence-corrected chi connectivity index (χ0v) is 16.3. The molecular weight excluding hydrogens is 386 g/mol. The van der Waals surface area contributed by atoms with E-state index in [0.29, 0.717) is 41.6 Å². The van der Waals surface area contributed by atoms with Crippen molar-refractivity contribution in [3.05, 3.63) is 46.4 Å². The summed E-state index contributed by atoms with van der Waals surface area (Å²) in [5, 5.41) is 5.79. The second kappa shape index (κ2) is 9.10. The topological polar surface area (TPSA) is 79.4 Å². The van der Waals surface area contributed by atoms with Crippen LogP contribution in [0.1, 0.15) is 36.0 Å². The van der Waals surface area contributed by atoms with Crippen molar-refractivity contribution in [3.63, 3.8) is 0 Å². The molecule has 1 aromatic carbocycles. The quantitative estimate of drug-likeness (QED) is 0.744. The van der Waals surface area contributed by atoms with Crippen molar-refractivity contribution < 1.29 is 14.4 Å². The molecule has 0 spiro atoms. The van der Waals surface area contributed by atoms with Crippen LogP contribution in [0.4, 0.5) is 5.13 Å². The number of anilines is 1. The number of thiazole rings is 1. The highest BCUT2D eigenvalue weighted by Gasteiger charge is 2.27. The summed E-state index contributed by atoms with van der Waals surface area (Å²) >= 11 is 7.20. The number of hydrogen-bond donors (Lipinski definition) is 1. The third-order valence-corrected chi connectivity index (χ3v) is 5.55. The summed E-state index contributed by atoms with van der Waals surface area (Å²) in [4.78, 5) is 42.6. The maximum Gasteiger partial charge on any atom is 0.229 e. The van der Waals surface area contributed by atoms with Gasteiger partial charge in [-0.2, -0.15) is 0 Å². The van der Waals surface area contributed by atoms with Gasteiger partial charge < -0.3 is 10.2 Å². The summed E-state index contributed by atoms with van der Waals surface area (Å²) in [6.45, 7) is 1.06. The van der Waals surface area contributed by atoms with Gasteiger partial charge in [0.05, 0.1) is 0 Å². The van der Waals surface area contributed by atoms with Gasteiger partial charge >= 0.3 is 0 Å². The Balaban J connectivity index is 1.42. The van der Waals surface area contributed by atoms with Crippen LogP contribution >= 0.6 is 22.9 Å². The van der Waals surface area contributed by atoms with Crippen molar-refractivity contribution in [3.8, 4) is 0 Å². The molecule has 1 fully saturated rings. The van der Waals surface area contributed by atoms with Crippen molar-refractivity contribution in [2.45, 2.75) is 25.7 Å². The largest absolute Gasteiger partial charge is 0.343 e. The first-order chi connectivity index (χ1) is 13.0. The van der Waals surface area contributed by atoms with Crippen LogP contribution in [0.2, 0.25) is 5.02 Å². The molecule has 1 aliphatic heterocycles. The van der Waals surface area contributed by atoms with E-state index in [1.165, 1.54) is 11.3 Å². The van der Waals surface area contributed by atoms with Gasteiger partial charge in [0.25, 0.3) is 0 Å². The molecule has 2 aromatic rings. The highest BCUT2D eigenvalue weighted by Crippen LogP contribution is 2.21. The fourth-order valence-electron chi connectivity index (χ4n) is 3.04. The number of carbonyl (C=O) groups is 3. The van der Waals surface area contributed by atoms with E-state index in [4.69, 9.17) is 11.6 Å². The second-order valence-electron chi connectivity index (χ2n) is 6.41. The van der Waals surface area contributed by atoms with E-state index >= 15 is 0 Å². The minimum Gasteiger partial charge on any atom is -0.343 e. The van der Waals surface area contributed by atoms with Gasteiger partial charge in [-0.1, -0.05) is 11.6 Å². The van der Waals surface area contributed by atoms with E-state index in [0.717, 1.165) is 0 Å². The molecule has 1 aliphatic rings. The zero-order chi connectivity index (χ0) is 19.2. The molecule has 2 amide bonds. The Bertz CT molecular complexity index is 800. The molecule has 8 heteroatoms. The number of likely N-dealkylation sites (tertiary alicyclic amines) is 1. The van der Waals surface area contributed by atoms with Crippen molar-refractivity contribution in [1.82, 2.24) is 9.88 Å². The molecule has 27 heavy (non-hydrogen) atoms. The van der Waals surface area contributed by atoms with Gasteiger partial charge in [-0.05, 0) is 37.1 Å². The molecule has 1 saturated heterocycles. The molecule has 0 saturated carbocycles. The van der Waals surface area contributed by atoms with Gasteiger partial charge in [-0.3, -0.25) is 14.4 Å². The van der Waals surface area contributed by atoms with E-state index in [1.54, 1.807) is 35.4 Å². The lowest BCUT2D eigenvalue weighted by molar-refractivity contribution is -0.134. The zero-order valence-electron chi connectivity index (χ0n) is 14.7. The number of piperidine rings is 1. The van der Waals surface area contributed by atoms with Crippen molar-refractivity contribution in [2.75, 3.05) is 18.4 Å². The van der Waals surface area contributed by atoms with Crippen LogP contribution in [0.15, 0.2) is 35.8 Å². The first-order valence-electron chi connectivity index (χ1n) is 8.80. The molecule has 2 heterocycles. The Kier molecular flexibility index (Phi) is 6.58. The van der Waals surface area contributed by atoms with Gasteiger partial charge in [0, 0.05) is 54.0 Å². The average Bonchev–Trinajstić information content (AvgIpc) is 3.19. The van der Waals surface area contributed by atoms with Crippen molar-refractivity contribution in [2.24, 2.45) is 5.92 Å². The van der Waals surface area contributed by atoms with Crippen LogP contribution in [-0.2, 0) is 9.59 Å². The summed E-state index contributed by atoms with van der Waals surface area (Å²) in [6, 6.07) is 6.67. The second-order valence-corrected chi connectivity index (χ2v) is 7.74. The number of nitrogens with zero attached hydrogens (tertiary/aromatic N) is 2. The Hall–Kier alpha value is -2.25. The van der Waals surface area contributed by atoms with Crippen LogP contribution < -0.4 is 5.32 Å². The summed E-state index contributed by atoms with van der Waals surface area (Å²) in [5.74, 6) is -0.280. The van der Waals surface area contributed by atoms with Gasteiger partial charge in [-0.25, -0.2) is 4.98 Å². The molecule has 3 rings (SSSR count). The first kappa shape index (κ1) is 19.5. The maximum absolute atomic E-state index is 12.4. The highest BCUT2D eigenvalue weighted by molar-refractivity contribution is 7.13. The van der Waals surface area contributed by atoms with Crippen molar-refractivity contribution in [1.29, 1.82) is 0 Å². The maximum atomic E-state index is 12.4. The van der Waals surface area contributed by atoms with Gasteiger partial charge in [0.2, 0.25) is 11.8 Å². The lowest BCUT2D eigenvalue weighted by Gasteiger charge is -2.31. The minimum atomic E-state index is -0.117. The Morgan fingerprint density at radius 3 is 2.48 bits per heavy atom. The number of benzene rings is 1. The van der Waals surface area contributed by atoms with E-state index in [2.05, 4.69) is 10.3 Å². The molecule has 6 nitrogen and oxygen atoms in total. The highest BCUT2D eigenvalue weighted by atomic mass is 35.5. The Morgan fingerprint density at radius 2 is 1.85 bits per heavy atom. The number of hydrogen-bond acceptors (Lipinski definition) is 5. The minimum absolute atomic E-state index is 0.0453. The standard InChI is InChI=1S/C19H20ClN3O3S/c20-15-3-1-13(2-4-15)16(24)5-6-17(25)23-10-7-14(8-11-23)18(26)22-19-21-9-12-27-19/h1-4,9,12,14H,5-8,10-11H2,(H,21,22,26). The number of halogens is 1. The van der Waals surface area contributed by atoms with E-state index in [9.17, 15) is 14.4 Å². The van der Waals surface area contributed by atoms with Crippen LogP contribution in [0.5, 0.6) is 0 Å². The van der Waals surface area contributed by atoms with E-state index in [1.807, 2.05) is 5.38 Å². The van der Waals surface area contributed by atoms with Crippen LogP contribution in [0, 0.1) is 5.92 Å². The Labute approximate surface area is 166 Å². The number of nitrogens with one attached hydrogen (secondary N) is 1. The van der Waals surface area contributed by atoms with Crippen molar-refractivity contribution >= 4 is 45.7 Å². The molecule has 1 N–H and O–H groups in total. The van der Waals surface area contributed by atoms with Crippen LogP contribution in [-0.4, -0.2) is 40.6 Å². The number of amides is 2. The van der Waals surface area contributed by atoms with Crippen LogP contribution in [0.25, 0.3) is 0 Å². The molecule has 0 aliphatic carbocycles. The number of rotatable bonds is 6. The summed E-state index contributed by atoms with van der Waals surface area (Å²) < 4.78 is 0. The molecule has 0 unspecified atom stereocenters. The van der Waals surface area contributed by atoms with Gasteiger partial charge in [0.1, 0.15) is 0 Å². The normalized spacial score (nSPS) is 14.8. The van der Waals surface area contributed by atoms with E-state index < -0.39 is 0 Å². The number of ketones is 1. The molecule has 1 aromatic heterocycles. The molecule has 0 bridgehead atoms. The monoisotopic (exact) mass is 405 g/mol. The average molecular weight is 406 g/mol. The van der Waals surface area contributed by atoms with Crippen LogP contribution in [0.3, 0.4) is 0 Å². The predicted molar refractivity (Wildman–Crippen MR) is 105 cm³/mol. The number of aromatic nitrogens is 1. The third-order valence-electron chi connectivity index (χ3n) is 4.61. The lowest BCUT2D eigenvalue weighted by Crippen LogP contribution is -2.41. The third kappa shape index (κ3) is 5.37. The summed E-state index contributed by atoms with van der Waals surface area (Å²) in [5.41, 5.74) is 0.560. The Morgan fingerprint density at radius 1 is 1.15 bits per heavy atom. The van der Waals surface area contributed by atoms with Gasteiger partial charge in [-0.15, -0.1) is 11.3 Å². The lowest BCUT2D eigenvalue weighted by atomic mass is 9.95. The first-order valence-corrected chi connectivity index (χ1v) is 10.1. The fourth-order valence-corrected chi connectivity index (χ4v) is 3.70. The number of carbonyl (C=O) groups excluding carboxylic acids is 3. The summed E-state index contributed by atoms with van der Waals surface area (Å²) in [6.07, 6.45) is 3.23. The van der Waals surface area contributed by atoms with E-state index in [-0.39, 0.29) is 36.4 Å². The summed E-state index contributed by atoms with van der Waals surface area (Å²) in [7, 11) is 0. The fraction of sp³-hybridized carbons (Fsp3) is 0.368. The molecule has 0 radical (unpaired) electrons. The SMILES string of the molecule is O=C(CCC(=O)N1CCC(C(=O)Nc2nccs2)CC1)c1ccc(Cl)cc1. The predicted octanol–water partition coefficient (Wildman–Crippen LogP) is 3.64. The number of Topliss-reactive ketones (excluding diaryl/α,β-unsaturated/α-hetero) is 1. The smallest absolute Gasteiger partial charge is 0.229 e. The molecule has 0 atom stereocenters. The van der Waals surface area contributed by atoms with Gasteiger partial charge in [0.15, 0.2) is 10.9 Å². The molecule has 142 valence electrons. The molecular formula is C19H20ClN3O3S.